The third-order valence-corrected chi connectivity index (χ3v) is 3.70. The number of pyridine rings is 1. The molecule has 0 aliphatic heterocycles. The third kappa shape index (κ3) is 4.71. The van der Waals surface area contributed by atoms with Crippen molar-refractivity contribution in [1.29, 1.82) is 5.26 Å². The van der Waals surface area contributed by atoms with Crippen LogP contribution >= 0.6 is 0 Å². The van der Waals surface area contributed by atoms with E-state index in [9.17, 15) is 4.79 Å². The highest BCUT2D eigenvalue weighted by Gasteiger charge is 2.16. The molecule has 6 heteroatoms. The van der Waals surface area contributed by atoms with E-state index in [-0.39, 0.29) is 12.1 Å². The largest absolute Gasteiger partial charge is 0.492 e. The van der Waals surface area contributed by atoms with Crippen LogP contribution in [0.15, 0.2) is 48.8 Å². The number of amides is 2. The molecule has 124 valence electrons. The van der Waals surface area contributed by atoms with E-state index in [1.165, 1.54) is 0 Å². The quantitative estimate of drug-likeness (QED) is 0.829. The van der Waals surface area contributed by atoms with E-state index in [2.05, 4.69) is 16.4 Å². The van der Waals surface area contributed by atoms with Crippen molar-refractivity contribution < 1.29 is 9.53 Å². The third-order valence-electron chi connectivity index (χ3n) is 3.70. The van der Waals surface area contributed by atoms with Crippen LogP contribution in [-0.4, -0.2) is 36.1 Å². The molecule has 2 amide bonds. The maximum atomic E-state index is 12.2. The van der Waals surface area contributed by atoms with Crippen LogP contribution in [0, 0.1) is 11.3 Å². The second kappa shape index (κ2) is 8.53. The first kappa shape index (κ1) is 17.3. The van der Waals surface area contributed by atoms with Crippen molar-refractivity contribution in [2.45, 2.75) is 13.0 Å². The van der Waals surface area contributed by atoms with E-state index >= 15 is 0 Å². The summed E-state index contributed by atoms with van der Waals surface area (Å²) in [5.74, 6) is 0.667. The highest BCUT2D eigenvalue weighted by atomic mass is 16.5. The number of urea groups is 1. The van der Waals surface area contributed by atoms with E-state index in [1.54, 1.807) is 48.6 Å². The summed E-state index contributed by atoms with van der Waals surface area (Å²) in [6.45, 7) is 2.69. The molecule has 0 aliphatic carbocycles. The molecule has 1 aromatic carbocycles. The van der Waals surface area contributed by atoms with Gasteiger partial charge in [-0.15, -0.1) is 0 Å². The van der Waals surface area contributed by atoms with Crippen LogP contribution < -0.4 is 10.1 Å². The molecule has 0 saturated heterocycles. The maximum absolute atomic E-state index is 12.2. The number of benzene rings is 1. The van der Waals surface area contributed by atoms with Gasteiger partial charge in [0.05, 0.1) is 24.2 Å². The molecule has 0 unspecified atom stereocenters. The van der Waals surface area contributed by atoms with Crippen LogP contribution in [0.3, 0.4) is 0 Å². The zero-order valence-electron chi connectivity index (χ0n) is 13.8. The number of nitriles is 1. The Kier molecular flexibility index (Phi) is 6.15. The molecule has 0 fully saturated rings. The summed E-state index contributed by atoms with van der Waals surface area (Å²) >= 11 is 0. The Morgan fingerprint density at radius 3 is 2.75 bits per heavy atom. The fourth-order valence-corrected chi connectivity index (χ4v) is 2.10. The van der Waals surface area contributed by atoms with Crippen LogP contribution in [0.25, 0.3) is 0 Å². The number of nitrogens with one attached hydrogen (secondary N) is 1. The van der Waals surface area contributed by atoms with Gasteiger partial charge in [-0.25, -0.2) is 4.79 Å². The Balaban J connectivity index is 1.75. The molecular formula is C18H20N4O2. The molecule has 0 bridgehead atoms. The highest BCUT2D eigenvalue weighted by Crippen LogP contribution is 2.17. The second-order valence-electron chi connectivity index (χ2n) is 5.29. The van der Waals surface area contributed by atoms with Gasteiger partial charge in [-0.05, 0) is 42.8 Å². The Morgan fingerprint density at radius 2 is 2.12 bits per heavy atom. The number of rotatable bonds is 6. The minimum Gasteiger partial charge on any atom is -0.492 e. The predicted octanol–water partition coefficient (Wildman–Crippen LogP) is 2.73. The molecule has 0 spiro atoms. The van der Waals surface area contributed by atoms with Gasteiger partial charge in [0.1, 0.15) is 12.4 Å². The van der Waals surface area contributed by atoms with Gasteiger partial charge < -0.3 is 15.0 Å². The van der Waals surface area contributed by atoms with Crippen LogP contribution in [0.4, 0.5) is 4.79 Å². The summed E-state index contributed by atoms with van der Waals surface area (Å²) in [6, 6.07) is 12.4. The fourth-order valence-electron chi connectivity index (χ4n) is 2.10. The smallest absolute Gasteiger partial charge is 0.317 e. The lowest BCUT2D eigenvalue weighted by atomic mass is 10.1. The molecular weight excluding hydrogens is 304 g/mol. The average Bonchev–Trinajstić information content (AvgIpc) is 2.65. The first-order valence-corrected chi connectivity index (χ1v) is 7.65. The lowest BCUT2D eigenvalue weighted by molar-refractivity contribution is 0.191. The van der Waals surface area contributed by atoms with E-state index in [1.807, 2.05) is 19.1 Å². The number of ether oxygens (including phenoxy) is 1. The number of nitrogens with zero attached hydrogens (tertiary/aromatic N) is 3. The van der Waals surface area contributed by atoms with Crippen molar-refractivity contribution in [2.75, 3.05) is 20.2 Å². The number of hydrogen-bond acceptors (Lipinski definition) is 4. The minimum absolute atomic E-state index is 0.0712. The van der Waals surface area contributed by atoms with Crippen LogP contribution in [-0.2, 0) is 0 Å². The van der Waals surface area contributed by atoms with Crippen molar-refractivity contribution in [3.63, 3.8) is 0 Å². The standard InChI is InChI=1S/C18H20N4O2/c1-14(16-4-3-9-20-13-16)22(2)18(23)21-10-11-24-17-7-5-15(12-19)6-8-17/h3-9,13-14H,10-11H2,1-2H3,(H,21,23)/t14-/m0/s1. The first-order valence-electron chi connectivity index (χ1n) is 7.65. The fraction of sp³-hybridized carbons (Fsp3) is 0.278. The summed E-state index contributed by atoms with van der Waals surface area (Å²) in [5, 5.41) is 11.6. The van der Waals surface area contributed by atoms with E-state index in [0.29, 0.717) is 24.5 Å². The maximum Gasteiger partial charge on any atom is 0.317 e. The molecule has 6 nitrogen and oxygen atoms in total. The van der Waals surface area contributed by atoms with Crippen molar-refractivity contribution in [2.24, 2.45) is 0 Å². The summed E-state index contributed by atoms with van der Waals surface area (Å²) in [4.78, 5) is 17.8. The second-order valence-corrected chi connectivity index (χ2v) is 5.29. The number of carbonyl (C=O) groups is 1. The van der Waals surface area contributed by atoms with Gasteiger partial charge in [0.2, 0.25) is 0 Å². The van der Waals surface area contributed by atoms with Gasteiger partial charge in [0.15, 0.2) is 0 Å². The Morgan fingerprint density at radius 1 is 1.38 bits per heavy atom. The Bertz CT molecular complexity index is 695. The molecule has 1 heterocycles. The number of aromatic nitrogens is 1. The van der Waals surface area contributed by atoms with E-state index < -0.39 is 0 Å². The molecule has 0 saturated carbocycles. The topological polar surface area (TPSA) is 78.2 Å². The first-order chi connectivity index (χ1) is 11.6. The highest BCUT2D eigenvalue weighted by molar-refractivity contribution is 5.74. The van der Waals surface area contributed by atoms with Crippen LogP contribution in [0.1, 0.15) is 24.1 Å². The van der Waals surface area contributed by atoms with E-state index in [0.717, 1.165) is 5.56 Å². The lowest BCUT2D eigenvalue weighted by Crippen LogP contribution is -2.40. The van der Waals surface area contributed by atoms with Crippen molar-refractivity contribution in [1.82, 2.24) is 15.2 Å². The zero-order chi connectivity index (χ0) is 17.4. The monoisotopic (exact) mass is 324 g/mol. The van der Waals surface area contributed by atoms with Crippen molar-refractivity contribution in [3.8, 4) is 11.8 Å². The SMILES string of the molecule is C[C@@H](c1cccnc1)N(C)C(=O)NCCOc1ccc(C#N)cc1. The van der Waals surface area contributed by atoms with Gasteiger partial charge >= 0.3 is 6.03 Å². The van der Waals surface area contributed by atoms with Crippen molar-refractivity contribution in [3.05, 3.63) is 59.9 Å². The average molecular weight is 324 g/mol. The number of carbonyl (C=O) groups excluding carboxylic acids is 1. The molecule has 24 heavy (non-hydrogen) atoms. The van der Waals surface area contributed by atoms with E-state index in [4.69, 9.17) is 10.00 Å². The van der Waals surface area contributed by atoms with Gasteiger partial charge in [0.25, 0.3) is 0 Å². The molecule has 0 radical (unpaired) electrons. The van der Waals surface area contributed by atoms with Gasteiger partial charge in [-0.1, -0.05) is 6.07 Å². The van der Waals surface area contributed by atoms with Gasteiger partial charge in [-0.2, -0.15) is 5.26 Å². The molecule has 1 aromatic heterocycles. The zero-order valence-corrected chi connectivity index (χ0v) is 13.8. The molecule has 2 rings (SSSR count). The Hall–Kier alpha value is -3.07. The van der Waals surface area contributed by atoms with Crippen molar-refractivity contribution >= 4 is 6.03 Å². The minimum atomic E-state index is -0.171. The predicted molar refractivity (Wildman–Crippen MR) is 90.5 cm³/mol. The molecule has 0 aliphatic rings. The summed E-state index contributed by atoms with van der Waals surface area (Å²) in [6.07, 6.45) is 3.46. The van der Waals surface area contributed by atoms with Gasteiger partial charge in [0, 0.05) is 19.4 Å². The van der Waals surface area contributed by atoms with Crippen LogP contribution in [0.5, 0.6) is 5.75 Å². The summed E-state index contributed by atoms with van der Waals surface area (Å²) in [5.41, 5.74) is 1.56. The van der Waals surface area contributed by atoms with Gasteiger partial charge in [-0.3, -0.25) is 4.98 Å². The molecule has 1 N–H and O–H groups in total. The molecule has 1 atom stereocenters. The summed E-state index contributed by atoms with van der Waals surface area (Å²) < 4.78 is 5.53. The Labute approximate surface area is 141 Å². The number of hydrogen-bond donors (Lipinski definition) is 1. The lowest BCUT2D eigenvalue weighted by Gasteiger charge is -2.25. The normalized spacial score (nSPS) is 11.2. The van der Waals surface area contributed by atoms with Crippen LogP contribution in [0.2, 0.25) is 0 Å². The summed E-state index contributed by atoms with van der Waals surface area (Å²) in [7, 11) is 1.74. The molecule has 2 aromatic rings.